The van der Waals surface area contributed by atoms with Crippen LogP contribution >= 0.6 is 0 Å². The van der Waals surface area contributed by atoms with E-state index in [4.69, 9.17) is 10.4 Å². The second-order valence-corrected chi connectivity index (χ2v) is 3.97. The summed E-state index contributed by atoms with van der Waals surface area (Å²) in [7, 11) is 0. The smallest absolute Gasteiger partial charge is 0.111 e. The highest BCUT2D eigenvalue weighted by Crippen LogP contribution is 2.32. The maximum Gasteiger partial charge on any atom is 0.111 e. The van der Waals surface area contributed by atoms with Gasteiger partial charge in [-0.2, -0.15) is 0 Å². The van der Waals surface area contributed by atoms with Crippen molar-refractivity contribution in [3.8, 4) is 0 Å². The second kappa shape index (κ2) is 4.55. The molecule has 14 heavy (non-hydrogen) atoms. The Kier molecular flexibility index (Phi) is 3.14. The lowest BCUT2D eigenvalue weighted by Crippen LogP contribution is -2.10. The van der Waals surface area contributed by atoms with E-state index in [9.17, 15) is 0 Å². The number of hydrogen-bond acceptors (Lipinski definition) is 4. The van der Waals surface area contributed by atoms with E-state index in [-0.39, 0.29) is 0 Å². The van der Waals surface area contributed by atoms with E-state index < -0.39 is 0 Å². The summed E-state index contributed by atoms with van der Waals surface area (Å²) in [6, 6.07) is 0. The van der Waals surface area contributed by atoms with Gasteiger partial charge in [0, 0.05) is 12.3 Å². The SMILES string of the molecule is NCCc1nonc1C1CCCCC1. The summed E-state index contributed by atoms with van der Waals surface area (Å²) in [5.74, 6) is 0.566. The third kappa shape index (κ3) is 1.95. The van der Waals surface area contributed by atoms with E-state index in [1.54, 1.807) is 0 Å². The lowest BCUT2D eigenvalue weighted by atomic mass is 9.86. The van der Waals surface area contributed by atoms with Crippen LogP contribution in [0.2, 0.25) is 0 Å². The maximum atomic E-state index is 5.51. The molecule has 1 aliphatic rings. The standard InChI is InChI=1S/C10H17N3O/c11-7-6-9-10(13-14-12-9)8-4-2-1-3-5-8/h8H,1-7,11H2. The van der Waals surface area contributed by atoms with Crippen LogP contribution in [0.5, 0.6) is 0 Å². The third-order valence-corrected chi connectivity index (χ3v) is 2.96. The van der Waals surface area contributed by atoms with Crippen molar-refractivity contribution in [1.29, 1.82) is 0 Å². The Labute approximate surface area is 83.8 Å². The van der Waals surface area contributed by atoms with Crippen LogP contribution < -0.4 is 5.73 Å². The monoisotopic (exact) mass is 195 g/mol. The summed E-state index contributed by atoms with van der Waals surface area (Å²) in [6.07, 6.45) is 7.21. The quantitative estimate of drug-likeness (QED) is 0.796. The van der Waals surface area contributed by atoms with Gasteiger partial charge in [0.05, 0.1) is 0 Å². The molecule has 4 nitrogen and oxygen atoms in total. The lowest BCUT2D eigenvalue weighted by molar-refractivity contribution is 0.294. The zero-order valence-electron chi connectivity index (χ0n) is 8.41. The molecule has 0 unspecified atom stereocenters. The highest BCUT2D eigenvalue weighted by atomic mass is 16.6. The molecule has 4 heteroatoms. The molecule has 0 amide bonds. The minimum absolute atomic E-state index is 0.566. The Balaban J connectivity index is 2.09. The Morgan fingerprint density at radius 3 is 2.71 bits per heavy atom. The van der Waals surface area contributed by atoms with Crippen LogP contribution in [-0.2, 0) is 6.42 Å². The molecule has 1 aromatic heterocycles. The van der Waals surface area contributed by atoms with Crippen LogP contribution in [0.25, 0.3) is 0 Å². The van der Waals surface area contributed by atoms with Gasteiger partial charge in [-0.3, -0.25) is 0 Å². The van der Waals surface area contributed by atoms with Crippen LogP contribution in [0.4, 0.5) is 0 Å². The second-order valence-electron chi connectivity index (χ2n) is 3.97. The molecule has 1 fully saturated rings. The first-order chi connectivity index (χ1) is 6.92. The largest absolute Gasteiger partial charge is 0.330 e. The first-order valence-electron chi connectivity index (χ1n) is 5.43. The van der Waals surface area contributed by atoms with Crippen molar-refractivity contribution < 1.29 is 4.63 Å². The molecule has 1 aliphatic carbocycles. The molecule has 1 heterocycles. The average Bonchev–Trinajstić information content (AvgIpc) is 2.68. The summed E-state index contributed by atoms with van der Waals surface area (Å²) in [5.41, 5.74) is 7.55. The minimum atomic E-state index is 0.566. The van der Waals surface area contributed by atoms with Crippen molar-refractivity contribution in [2.24, 2.45) is 5.73 Å². The minimum Gasteiger partial charge on any atom is -0.330 e. The fourth-order valence-electron chi connectivity index (χ4n) is 2.21. The number of rotatable bonds is 3. The van der Waals surface area contributed by atoms with Crippen molar-refractivity contribution in [3.63, 3.8) is 0 Å². The first kappa shape index (κ1) is 9.65. The summed E-state index contributed by atoms with van der Waals surface area (Å²) in [5, 5.41) is 7.93. The Bertz CT molecular complexity index is 279. The number of nitrogens with two attached hydrogens (primary N) is 1. The highest BCUT2D eigenvalue weighted by molar-refractivity contribution is 5.14. The van der Waals surface area contributed by atoms with Crippen LogP contribution in [-0.4, -0.2) is 16.9 Å². The van der Waals surface area contributed by atoms with E-state index in [1.807, 2.05) is 0 Å². The molecule has 0 aliphatic heterocycles. The molecular formula is C10H17N3O. The molecular weight excluding hydrogens is 178 g/mol. The highest BCUT2D eigenvalue weighted by Gasteiger charge is 2.22. The summed E-state index contributed by atoms with van der Waals surface area (Å²) in [4.78, 5) is 0. The van der Waals surface area contributed by atoms with Gasteiger partial charge in [-0.25, -0.2) is 4.63 Å². The van der Waals surface area contributed by atoms with Gasteiger partial charge in [0.1, 0.15) is 11.4 Å². The van der Waals surface area contributed by atoms with Crippen molar-refractivity contribution in [3.05, 3.63) is 11.4 Å². The van der Waals surface area contributed by atoms with Crippen molar-refractivity contribution >= 4 is 0 Å². The van der Waals surface area contributed by atoms with Gasteiger partial charge < -0.3 is 5.73 Å². The molecule has 0 atom stereocenters. The summed E-state index contributed by atoms with van der Waals surface area (Å²) >= 11 is 0. The van der Waals surface area contributed by atoms with Crippen LogP contribution in [0, 0.1) is 0 Å². The molecule has 1 aromatic rings. The van der Waals surface area contributed by atoms with Gasteiger partial charge >= 0.3 is 0 Å². The maximum absolute atomic E-state index is 5.51. The van der Waals surface area contributed by atoms with E-state index >= 15 is 0 Å². The Morgan fingerprint density at radius 2 is 2.00 bits per heavy atom. The van der Waals surface area contributed by atoms with E-state index in [0.29, 0.717) is 12.5 Å². The van der Waals surface area contributed by atoms with Crippen LogP contribution in [0.3, 0.4) is 0 Å². The predicted molar refractivity (Wildman–Crippen MR) is 52.9 cm³/mol. The summed E-state index contributed by atoms with van der Waals surface area (Å²) < 4.78 is 4.80. The fourth-order valence-corrected chi connectivity index (χ4v) is 2.21. The van der Waals surface area contributed by atoms with Crippen molar-refractivity contribution in [2.45, 2.75) is 44.4 Å². The van der Waals surface area contributed by atoms with Crippen molar-refractivity contribution in [1.82, 2.24) is 10.3 Å². The third-order valence-electron chi connectivity index (χ3n) is 2.96. The van der Waals surface area contributed by atoms with Gasteiger partial charge in [0.15, 0.2) is 0 Å². The van der Waals surface area contributed by atoms with Gasteiger partial charge in [-0.05, 0) is 19.4 Å². The van der Waals surface area contributed by atoms with E-state index in [1.165, 1.54) is 32.1 Å². The number of aromatic nitrogens is 2. The predicted octanol–water partition coefficient (Wildman–Crippen LogP) is 1.62. The zero-order chi connectivity index (χ0) is 9.80. The zero-order valence-corrected chi connectivity index (χ0v) is 8.41. The number of nitrogens with zero attached hydrogens (tertiary/aromatic N) is 2. The van der Waals surface area contributed by atoms with Crippen LogP contribution in [0.15, 0.2) is 4.63 Å². The number of hydrogen-bond donors (Lipinski definition) is 1. The normalized spacial score (nSPS) is 18.6. The molecule has 2 N–H and O–H groups in total. The Hall–Kier alpha value is -0.900. The average molecular weight is 195 g/mol. The summed E-state index contributed by atoms with van der Waals surface area (Å²) in [6.45, 7) is 0.619. The molecule has 2 rings (SSSR count). The molecule has 1 saturated carbocycles. The molecule has 78 valence electrons. The lowest BCUT2D eigenvalue weighted by Gasteiger charge is -2.19. The molecule has 0 aromatic carbocycles. The molecule has 0 saturated heterocycles. The molecule has 0 radical (unpaired) electrons. The van der Waals surface area contributed by atoms with Gasteiger partial charge in [-0.1, -0.05) is 29.6 Å². The fraction of sp³-hybridized carbons (Fsp3) is 0.800. The van der Waals surface area contributed by atoms with E-state index in [2.05, 4.69) is 10.3 Å². The van der Waals surface area contributed by atoms with Gasteiger partial charge in [0.2, 0.25) is 0 Å². The van der Waals surface area contributed by atoms with Gasteiger partial charge in [-0.15, -0.1) is 0 Å². The molecule has 0 bridgehead atoms. The first-order valence-corrected chi connectivity index (χ1v) is 5.43. The molecule has 0 spiro atoms. The topological polar surface area (TPSA) is 64.9 Å². The van der Waals surface area contributed by atoms with E-state index in [0.717, 1.165) is 17.8 Å². The van der Waals surface area contributed by atoms with Crippen LogP contribution in [0.1, 0.15) is 49.4 Å². The Morgan fingerprint density at radius 1 is 1.21 bits per heavy atom. The van der Waals surface area contributed by atoms with Crippen molar-refractivity contribution in [2.75, 3.05) is 6.54 Å². The van der Waals surface area contributed by atoms with Gasteiger partial charge in [0.25, 0.3) is 0 Å².